The molecule has 19 heavy (non-hydrogen) atoms. The Hall–Kier alpha value is -0.0400. The second-order valence-electron chi connectivity index (χ2n) is 7.87. The lowest BCUT2D eigenvalue weighted by molar-refractivity contribution is 0.0827. The van der Waals surface area contributed by atoms with E-state index in [1.54, 1.807) is 0 Å². The van der Waals surface area contributed by atoms with Crippen LogP contribution in [0.15, 0.2) is 0 Å². The van der Waals surface area contributed by atoms with Crippen LogP contribution in [-0.2, 0) is 0 Å². The van der Waals surface area contributed by atoms with Crippen LogP contribution in [0.3, 0.4) is 0 Å². The molecule has 0 bridgehead atoms. The van der Waals surface area contributed by atoms with Gasteiger partial charge in [0.2, 0.25) is 0 Å². The molecule has 0 amide bonds. The number of nitrogens with one attached hydrogen (secondary N) is 1. The highest BCUT2D eigenvalue weighted by Crippen LogP contribution is 2.45. The summed E-state index contributed by atoms with van der Waals surface area (Å²) in [5, 5.41) is 3.43. The minimum Gasteiger partial charge on any atom is -0.319 e. The third-order valence-electron chi connectivity index (χ3n) is 5.62. The Kier molecular flexibility index (Phi) is 6.86. The van der Waals surface area contributed by atoms with Crippen molar-refractivity contribution >= 4 is 0 Å². The summed E-state index contributed by atoms with van der Waals surface area (Å²) in [6.45, 7) is 13.3. The van der Waals surface area contributed by atoms with E-state index in [4.69, 9.17) is 0 Å². The molecule has 1 N–H and O–H groups in total. The molecule has 0 aliphatic heterocycles. The average Bonchev–Trinajstić information content (AvgIpc) is 2.36. The largest absolute Gasteiger partial charge is 0.319 e. The second-order valence-corrected chi connectivity index (χ2v) is 7.87. The molecule has 1 heteroatoms. The van der Waals surface area contributed by atoms with Crippen molar-refractivity contribution in [3.8, 4) is 0 Å². The van der Waals surface area contributed by atoms with Crippen molar-refractivity contribution in [2.75, 3.05) is 13.6 Å². The molecule has 1 aliphatic carbocycles. The standard InChI is InChI=1S/C18H37N/c1-7-14(8-2)11-16-12-17(18(3,4)5)10-9-15(16)13-19-6/h14-17,19H,7-13H2,1-6H3. The molecule has 0 spiro atoms. The molecule has 3 unspecified atom stereocenters. The first-order valence-electron chi connectivity index (χ1n) is 8.56. The summed E-state index contributed by atoms with van der Waals surface area (Å²) < 4.78 is 0. The zero-order valence-electron chi connectivity index (χ0n) is 14.3. The maximum atomic E-state index is 3.43. The molecule has 0 aromatic heterocycles. The first-order chi connectivity index (χ1) is 8.92. The van der Waals surface area contributed by atoms with Gasteiger partial charge in [0.1, 0.15) is 0 Å². The first-order valence-corrected chi connectivity index (χ1v) is 8.56. The van der Waals surface area contributed by atoms with E-state index in [0.717, 1.165) is 23.7 Å². The highest BCUT2D eigenvalue weighted by Gasteiger charge is 2.35. The highest BCUT2D eigenvalue weighted by atomic mass is 14.8. The van der Waals surface area contributed by atoms with Crippen LogP contribution in [0.1, 0.15) is 73.1 Å². The Balaban J connectivity index is 2.67. The van der Waals surface area contributed by atoms with Crippen molar-refractivity contribution in [1.29, 1.82) is 0 Å². The van der Waals surface area contributed by atoms with Gasteiger partial charge in [0.15, 0.2) is 0 Å². The number of rotatable bonds is 6. The summed E-state index contributed by atoms with van der Waals surface area (Å²) in [6, 6.07) is 0. The summed E-state index contributed by atoms with van der Waals surface area (Å²) >= 11 is 0. The van der Waals surface area contributed by atoms with E-state index in [1.165, 1.54) is 45.1 Å². The van der Waals surface area contributed by atoms with Crippen LogP contribution in [0.25, 0.3) is 0 Å². The Bertz CT molecular complexity index is 237. The van der Waals surface area contributed by atoms with E-state index in [1.807, 2.05) is 0 Å². The Morgan fingerprint density at radius 2 is 1.68 bits per heavy atom. The van der Waals surface area contributed by atoms with Gasteiger partial charge in [-0.05, 0) is 68.4 Å². The fraction of sp³-hybridized carbons (Fsp3) is 1.00. The van der Waals surface area contributed by atoms with E-state index >= 15 is 0 Å². The second kappa shape index (κ2) is 7.67. The molecular weight excluding hydrogens is 230 g/mol. The van der Waals surface area contributed by atoms with Crippen molar-refractivity contribution in [2.24, 2.45) is 29.1 Å². The van der Waals surface area contributed by atoms with E-state index in [9.17, 15) is 0 Å². The molecular formula is C18H37N. The Morgan fingerprint density at radius 3 is 2.16 bits per heavy atom. The van der Waals surface area contributed by atoms with Crippen LogP contribution < -0.4 is 5.32 Å². The molecule has 0 heterocycles. The van der Waals surface area contributed by atoms with Crippen molar-refractivity contribution in [3.05, 3.63) is 0 Å². The molecule has 1 saturated carbocycles. The van der Waals surface area contributed by atoms with Crippen LogP contribution in [0.5, 0.6) is 0 Å². The summed E-state index contributed by atoms with van der Waals surface area (Å²) in [7, 11) is 2.12. The van der Waals surface area contributed by atoms with Crippen molar-refractivity contribution in [3.63, 3.8) is 0 Å². The summed E-state index contributed by atoms with van der Waals surface area (Å²) in [6.07, 6.45) is 8.53. The quantitative estimate of drug-likeness (QED) is 0.705. The van der Waals surface area contributed by atoms with Crippen LogP contribution in [-0.4, -0.2) is 13.6 Å². The van der Waals surface area contributed by atoms with Crippen LogP contribution in [0.2, 0.25) is 0 Å². The van der Waals surface area contributed by atoms with Gasteiger partial charge in [0, 0.05) is 0 Å². The highest BCUT2D eigenvalue weighted by molar-refractivity contribution is 4.87. The topological polar surface area (TPSA) is 12.0 Å². The van der Waals surface area contributed by atoms with Gasteiger partial charge in [0.25, 0.3) is 0 Å². The lowest BCUT2D eigenvalue weighted by atomic mass is 9.63. The normalized spacial score (nSPS) is 28.9. The summed E-state index contributed by atoms with van der Waals surface area (Å²) in [4.78, 5) is 0. The summed E-state index contributed by atoms with van der Waals surface area (Å²) in [5.74, 6) is 3.75. The average molecular weight is 268 g/mol. The minimum atomic E-state index is 0.497. The first kappa shape index (κ1) is 17.0. The van der Waals surface area contributed by atoms with E-state index in [0.29, 0.717) is 5.41 Å². The molecule has 0 aromatic carbocycles. The third-order valence-corrected chi connectivity index (χ3v) is 5.62. The lowest BCUT2D eigenvalue weighted by Crippen LogP contribution is -2.36. The Morgan fingerprint density at radius 1 is 1.05 bits per heavy atom. The van der Waals surface area contributed by atoms with Gasteiger partial charge in [0.05, 0.1) is 0 Å². The van der Waals surface area contributed by atoms with Gasteiger partial charge < -0.3 is 5.32 Å². The molecule has 0 saturated heterocycles. The zero-order chi connectivity index (χ0) is 14.5. The molecule has 1 rings (SSSR count). The van der Waals surface area contributed by atoms with Gasteiger partial charge in [-0.2, -0.15) is 0 Å². The van der Waals surface area contributed by atoms with Gasteiger partial charge in [-0.3, -0.25) is 0 Å². The van der Waals surface area contributed by atoms with E-state index < -0.39 is 0 Å². The molecule has 1 aliphatic rings. The molecule has 3 atom stereocenters. The van der Waals surface area contributed by atoms with E-state index in [-0.39, 0.29) is 0 Å². The third kappa shape index (κ3) is 5.10. The number of hydrogen-bond acceptors (Lipinski definition) is 1. The molecule has 114 valence electrons. The van der Waals surface area contributed by atoms with Crippen molar-refractivity contribution < 1.29 is 0 Å². The molecule has 1 nitrogen and oxygen atoms in total. The lowest BCUT2D eigenvalue weighted by Gasteiger charge is -2.43. The smallest absolute Gasteiger partial charge is 0.00209 e. The summed E-state index contributed by atoms with van der Waals surface area (Å²) in [5.41, 5.74) is 0.497. The molecule has 1 fully saturated rings. The van der Waals surface area contributed by atoms with Gasteiger partial charge in [-0.1, -0.05) is 47.5 Å². The fourth-order valence-electron chi connectivity index (χ4n) is 3.98. The van der Waals surface area contributed by atoms with Gasteiger partial charge in [-0.25, -0.2) is 0 Å². The molecule has 0 aromatic rings. The maximum absolute atomic E-state index is 3.43. The predicted molar refractivity (Wildman–Crippen MR) is 86.4 cm³/mol. The van der Waals surface area contributed by atoms with Crippen LogP contribution >= 0.6 is 0 Å². The Labute approximate surface area is 121 Å². The van der Waals surface area contributed by atoms with E-state index in [2.05, 4.69) is 47.0 Å². The minimum absolute atomic E-state index is 0.497. The van der Waals surface area contributed by atoms with Gasteiger partial charge >= 0.3 is 0 Å². The fourth-order valence-corrected chi connectivity index (χ4v) is 3.98. The van der Waals surface area contributed by atoms with Crippen LogP contribution in [0.4, 0.5) is 0 Å². The van der Waals surface area contributed by atoms with Gasteiger partial charge in [-0.15, -0.1) is 0 Å². The monoisotopic (exact) mass is 267 g/mol. The SMILES string of the molecule is CCC(CC)CC1CC(C(C)(C)C)CCC1CNC. The van der Waals surface area contributed by atoms with Crippen molar-refractivity contribution in [2.45, 2.75) is 73.1 Å². The predicted octanol–water partition coefficient (Wildman–Crippen LogP) is 5.11. The zero-order valence-corrected chi connectivity index (χ0v) is 14.3. The molecule has 0 radical (unpaired) electrons. The van der Waals surface area contributed by atoms with Crippen LogP contribution in [0, 0.1) is 29.1 Å². The van der Waals surface area contributed by atoms with Crippen molar-refractivity contribution in [1.82, 2.24) is 5.32 Å². The maximum Gasteiger partial charge on any atom is -0.00209 e. The number of hydrogen-bond donors (Lipinski definition) is 1.